The molecule has 1 fully saturated rings. The number of ether oxygens (including phenoxy) is 1. The van der Waals surface area contributed by atoms with Crippen molar-refractivity contribution in [3.63, 3.8) is 0 Å². The third-order valence-corrected chi connectivity index (χ3v) is 4.33. The van der Waals surface area contributed by atoms with Gasteiger partial charge in [0.05, 0.1) is 30.0 Å². The maximum atomic E-state index is 11.6. The molecule has 126 valence electrons. The molecule has 4 heterocycles. The molecule has 4 N–H and O–H groups in total. The van der Waals surface area contributed by atoms with Crippen LogP contribution in [0.1, 0.15) is 13.2 Å². The van der Waals surface area contributed by atoms with Crippen molar-refractivity contribution in [3.8, 4) is 0 Å². The first-order valence-corrected chi connectivity index (χ1v) is 7.31. The Labute approximate surface area is 135 Å². The van der Waals surface area contributed by atoms with Crippen molar-refractivity contribution >= 4 is 28.9 Å². The van der Waals surface area contributed by atoms with Crippen LogP contribution in [0.4, 0.5) is 11.6 Å². The van der Waals surface area contributed by atoms with Gasteiger partial charge in [-0.3, -0.25) is 4.79 Å². The van der Waals surface area contributed by atoms with Gasteiger partial charge in [-0.15, -0.1) is 0 Å². The number of hydrogen-bond donors (Lipinski definition) is 4. The monoisotopic (exact) mass is 333 g/mol. The number of aliphatic hydroxyl groups is 3. The molecule has 1 unspecified atom stereocenters. The fraction of sp³-hybridized carbons (Fsp3) is 0.429. The smallest absolute Gasteiger partial charge is 0.290 e. The summed E-state index contributed by atoms with van der Waals surface area (Å²) in [5, 5.41) is 33.4. The standard InChI is InChI=1S/C14H15N5O5/c1-14(23)10(22)7(4-20)24-13(14)19-3-6-9-11(16-5-17-12(9)19)18-8(21)2-15-6/h2-3,5,7,10,13,20,22-23H,4H2,1H3,(H,16,17,18,21)/t7-,10-,13?,14-/m1/s1. The predicted molar refractivity (Wildman–Crippen MR) is 83.2 cm³/mol. The summed E-state index contributed by atoms with van der Waals surface area (Å²) in [5.41, 5.74) is -1.72. The van der Waals surface area contributed by atoms with E-state index in [1.165, 1.54) is 17.8 Å². The summed E-state index contributed by atoms with van der Waals surface area (Å²) in [6.45, 7) is 0.983. The Morgan fingerprint density at radius 1 is 1.50 bits per heavy atom. The van der Waals surface area contributed by atoms with E-state index in [2.05, 4.69) is 20.3 Å². The molecular weight excluding hydrogens is 318 g/mol. The minimum absolute atomic E-state index is 0.299. The lowest BCUT2D eigenvalue weighted by molar-refractivity contribution is -0.0955. The van der Waals surface area contributed by atoms with Crippen LogP contribution in [0.2, 0.25) is 0 Å². The van der Waals surface area contributed by atoms with Crippen LogP contribution in [-0.4, -0.2) is 60.6 Å². The second kappa shape index (κ2) is 5.05. The van der Waals surface area contributed by atoms with Crippen molar-refractivity contribution in [2.24, 2.45) is 4.99 Å². The SMILES string of the molecule is C[C@]1(O)C(n2cc3ncc(=O)nc4c3c2N=CN4)O[C@H](CO)[C@H]1O. The van der Waals surface area contributed by atoms with Gasteiger partial charge >= 0.3 is 0 Å². The Morgan fingerprint density at radius 2 is 2.29 bits per heavy atom. The molecule has 4 rings (SSSR count). The Hall–Kier alpha value is -2.40. The van der Waals surface area contributed by atoms with Gasteiger partial charge in [-0.25, -0.2) is 9.98 Å². The van der Waals surface area contributed by atoms with Gasteiger partial charge < -0.3 is 29.9 Å². The summed E-state index contributed by atoms with van der Waals surface area (Å²) < 4.78 is 7.13. The van der Waals surface area contributed by atoms with Crippen LogP contribution in [0.15, 0.2) is 22.2 Å². The zero-order valence-electron chi connectivity index (χ0n) is 12.6. The highest BCUT2D eigenvalue weighted by atomic mass is 16.6. The number of nitrogens with one attached hydrogen (secondary N) is 1. The number of anilines is 1. The molecule has 2 aromatic rings. The second-order valence-corrected chi connectivity index (χ2v) is 5.96. The van der Waals surface area contributed by atoms with Crippen molar-refractivity contribution in [2.75, 3.05) is 11.9 Å². The molecule has 0 bridgehead atoms. The summed E-state index contributed by atoms with van der Waals surface area (Å²) in [6, 6.07) is 0. The molecule has 2 aromatic heterocycles. The van der Waals surface area contributed by atoms with Gasteiger partial charge in [-0.05, 0) is 6.92 Å². The Morgan fingerprint density at radius 3 is 3.00 bits per heavy atom. The number of aliphatic hydroxyl groups excluding tert-OH is 2. The van der Waals surface area contributed by atoms with Crippen LogP contribution in [0.3, 0.4) is 0 Å². The first-order chi connectivity index (χ1) is 11.4. The molecule has 24 heavy (non-hydrogen) atoms. The molecule has 10 nitrogen and oxygen atoms in total. The van der Waals surface area contributed by atoms with Crippen LogP contribution < -0.4 is 10.9 Å². The summed E-state index contributed by atoms with van der Waals surface area (Å²) in [7, 11) is 0. The number of hydrogen-bond acceptors (Lipinski definition) is 9. The third kappa shape index (κ3) is 1.97. The summed E-state index contributed by atoms with van der Waals surface area (Å²) in [6.07, 6.45) is 0.823. The first kappa shape index (κ1) is 15.1. The Kier molecular flexibility index (Phi) is 3.18. The fourth-order valence-corrected chi connectivity index (χ4v) is 3.11. The van der Waals surface area contributed by atoms with Gasteiger partial charge in [-0.2, -0.15) is 4.98 Å². The fourth-order valence-electron chi connectivity index (χ4n) is 3.11. The normalized spacial score (nSPS) is 31.4. The van der Waals surface area contributed by atoms with Crippen molar-refractivity contribution < 1.29 is 20.1 Å². The van der Waals surface area contributed by atoms with Gasteiger partial charge in [0.25, 0.3) is 5.56 Å². The van der Waals surface area contributed by atoms with E-state index >= 15 is 0 Å². The molecular formula is C14H15N5O5. The van der Waals surface area contributed by atoms with Crippen LogP contribution in [0.25, 0.3) is 10.9 Å². The summed E-state index contributed by atoms with van der Waals surface area (Å²) >= 11 is 0. The number of aliphatic imine (C=N–C) groups is 1. The molecule has 2 aliphatic rings. The Bertz CT molecular complexity index is 908. The van der Waals surface area contributed by atoms with Crippen LogP contribution >= 0.6 is 0 Å². The van der Waals surface area contributed by atoms with Crippen molar-refractivity contribution in [3.05, 3.63) is 22.7 Å². The molecule has 0 aromatic carbocycles. The van der Waals surface area contributed by atoms with Crippen molar-refractivity contribution in [1.29, 1.82) is 0 Å². The minimum atomic E-state index is -1.65. The molecule has 1 saturated heterocycles. The van der Waals surface area contributed by atoms with E-state index in [9.17, 15) is 20.1 Å². The molecule has 0 saturated carbocycles. The maximum Gasteiger partial charge on any atom is 0.290 e. The van der Waals surface area contributed by atoms with Crippen molar-refractivity contribution in [1.82, 2.24) is 14.5 Å². The molecule has 0 radical (unpaired) electrons. The zero-order chi connectivity index (χ0) is 17.1. The first-order valence-electron chi connectivity index (χ1n) is 7.31. The highest BCUT2D eigenvalue weighted by Gasteiger charge is 2.53. The number of aromatic nitrogens is 3. The molecule has 0 amide bonds. The second-order valence-electron chi connectivity index (χ2n) is 5.96. The van der Waals surface area contributed by atoms with E-state index in [1.807, 2.05) is 0 Å². The van der Waals surface area contributed by atoms with Gasteiger partial charge in [0.15, 0.2) is 6.23 Å². The van der Waals surface area contributed by atoms with Crippen LogP contribution in [0.5, 0.6) is 0 Å². The van der Waals surface area contributed by atoms with Crippen LogP contribution in [0, 0.1) is 0 Å². The van der Waals surface area contributed by atoms with E-state index in [0.29, 0.717) is 22.5 Å². The highest BCUT2D eigenvalue weighted by molar-refractivity contribution is 6.04. The van der Waals surface area contributed by atoms with Crippen LogP contribution in [-0.2, 0) is 4.74 Å². The molecule has 0 aliphatic carbocycles. The molecule has 0 spiro atoms. The van der Waals surface area contributed by atoms with Gasteiger partial charge in [-0.1, -0.05) is 0 Å². The van der Waals surface area contributed by atoms with Gasteiger partial charge in [0.1, 0.15) is 29.4 Å². The maximum absolute atomic E-state index is 11.6. The molecule has 4 atom stereocenters. The van der Waals surface area contributed by atoms with E-state index in [-0.39, 0.29) is 0 Å². The van der Waals surface area contributed by atoms with E-state index < -0.39 is 36.2 Å². The zero-order valence-corrected chi connectivity index (χ0v) is 12.6. The van der Waals surface area contributed by atoms with Gasteiger partial charge in [0, 0.05) is 6.20 Å². The molecule has 10 heteroatoms. The van der Waals surface area contributed by atoms with Gasteiger partial charge in [0.2, 0.25) is 0 Å². The minimum Gasteiger partial charge on any atom is -0.394 e. The Balaban J connectivity index is 1.94. The van der Waals surface area contributed by atoms with Crippen molar-refractivity contribution in [2.45, 2.75) is 31.0 Å². The van der Waals surface area contributed by atoms with E-state index in [1.54, 1.807) is 6.20 Å². The third-order valence-electron chi connectivity index (χ3n) is 4.33. The lowest BCUT2D eigenvalue weighted by Gasteiger charge is -2.28. The average molecular weight is 333 g/mol. The molecule has 2 aliphatic heterocycles. The number of nitrogens with zero attached hydrogens (tertiary/aromatic N) is 4. The largest absolute Gasteiger partial charge is 0.394 e. The van der Waals surface area contributed by atoms with E-state index in [4.69, 9.17) is 4.74 Å². The quantitative estimate of drug-likeness (QED) is 0.541. The predicted octanol–water partition coefficient (Wildman–Crippen LogP) is -1.12. The average Bonchev–Trinajstić information content (AvgIpc) is 2.95. The van der Waals surface area contributed by atoms with E-state index in [0.717, 1.165) is 6.20 Å². The topological polar surface area (TPSA) is 142 Å². The summed E-state index contributed by atoms with van der Waals surface area (Å²) in [4.78, 5) is 23.8. The summed E-state index contributed by atoms with van der Waals surface area (Å²) in [5.74, 6) is 0.679. The number of rotatable bonds is 2. The lowest BCUT2D eigenvalue weighted by Crippen LogP contribution is -2.44. The highest BCUT2D eigenvalue weighted by Crippen LogP contribution is 2.43. The lowest BCUT2D eigenvalue weighted by atomic mass is 9.96.